The minimum absolute atomic E-state index is 0.132. The molecule has 0 aliphatic carbocycles. The summed E-state index contributed by atoms with van der Waals surface area (Å²) >= 11 is 12.7. The van der Waals surface area contributed by atoms with Gasteiger partial charge in [-0.1, -0.05) is 71.7 Å². The van der Waals surface area contributed by atoms with Gasteiger partial charge in [-0.2, -0.15) is 0 Å². The first-order valence-corrected chi connectivity index (χ1v) is 10.8. The van der Waals surface area contributed by atoms with Crippen molar-refractivity contribution in [3.63, 3.8) is 0 Å². The third kappa shape index (κ3) is 4.69. The van der Waals surface area contributed by atoms with E-state index in [2.05, 4.69) is 4.99 Å². The van der Waals surface area contributed by atoms with Crippen LogP contribution in [0.3, 0.4) is 0 Å². The number of aryl methyl sites for hydroxylation is 1. The van der Waals surface area contributed by atoms with Gasteiger partial charge < -0.3 is 9.64 Å². The second kappa shape index (κ2) is 9.55. The van der Waals surface area contributed by atoms with E-state index in [1.807, 2.05) is 36.4 Å². The van der Waals surface area contributed by atoms with Gasteiger partial charge in [-0.05, 0) is 36.2 Å². The molecule has 1 amide bonds. The molecule has 3 aromatic rings. The number of ether oxygens (including phenoxy) is 1. The largest absolute Gasteiger partial charge is 0.430 e. The number of likely N-dealkylation sites (N-methyl/N-ethyl adjacent to an activating group) is 1. The van der Waals surface area contributed by atoms with Crippen molar-refractivity contribution in [1.82, 2.24) is 0 Å². The van der Waals surface area contributed by atoms with Crippen molar-refractivity contribution in [2.75, 3.05) is 11.9 Å². The summed E-state index contributed by atoms with van der Waals surface area (Å²) in [5.74, 6) is -0.962. The van der Waals surface area contributed by atoms with Crippen LogP contribution < -0.4 is 4.90 Å². The van der Waals surface area contributed by atoms with Crippen LogP contribution in [0.2, 0.25) is 10.0 Å². The molecule has 1 aliphatic heterocycles. The third-order valence-electron chi connectivity index (χ3n) is 5.20. The maximum Gasteiger partial charge on any atom is 0.308 e. The minimum Gasteiger partial charge on any atom is -0.430 e. The number of hydrogen-bond donors (Lipinski definition) is 0. The Morgan fingerprint density at radius 2 is 1.72 bits per heavy atom. The zero-order chi connectivity index (χ0) is 22.7. The highest BCUT2D eigenvalue weighted by Crippen LogP contribution is 2.32. The van der Waals surface area contributed by atoms with Crippen molar-refractivity contribution in [2.45, 2.75) is 19.1 Å². The van der Waals surface area contributed by atoms with E-state index < -0.39 is 18.1 Å². The second-order valence-electron chi connectivity index (χ2n) is 7.34. The number of carbonyl (C=O) groups excluding carboxylic acids is 2. The monoisotopic (exact) mass is 466 g/mol. The Hall–Kier alpha value is -3.15. The summed E-state index contributed by atoms with van der Waals surface area (Å²) in [5.41, 5.74) is 3.29. The molecule has 0 saturated carbocycles. The molecule has 32 heavy (non-hydrogen) atoms. The molecule has 1 unspecified atom stereocenters. The fraction of sp³-hybridized carbons (Fsp3) is 0.160. The normalized spacial score (nSPS) is 15.6. The van der Waals surface area contributed by atoms with Crippen molar-refractivity contribution in [3.8, 4) is 0 Å². The Balaban J connectivity index is 1.69. The maximum absolute atomic E-state index is 13.1. The minimum atomic E-state index is -1.33. The molecule has 1 atom stereocenters. The fourth-order valence-electron chi connectivity index (χ4n) is 3.54. The number of carbonyl (C=O) groups is 2. The first-order chi connectivity index (χ1) is 15.4. The Kier molecular flexibility index (Phi) is 6.58. The van der Waals surface area contributed by atoms with Crippen molar-refractivity contribution in [2.24, 2.45) is 4.99 Å². The molecule has 7 heteroatoms. The number of hydrogen-bond acceptors (Lipinski definition) is 4. The van der Waals surface area contributed by atoms with Crippen LogP contribution in [-0.4, -0.2) is 30.9 Å². The van der Waals surface area contributed by atoms with Crippen LogP contribution in [-0.2, 0) is 20.7 Å². The summed E-state index contributed by atoms with van der Waals surface area (Å²) in [6.07, 6.45) is -0.693. The van der Waals surface area contributed by atoms with Gasteiger partial charge in [0, 0.05) is 34.6 Å². The van der Waals surface area contributed by atoms with Gasteiger partial charge in [0.25, 0.3) is 12.1 Å². The van der Waals surface area contributed by atoms with Gasteiger partial charge in [-0.3, -0.25) is 9.59 Å². The Morgan fingerprint density at radius 3 is 2.47 bits per heavy atom. The van der Waals surface area contributed by atoms with Crippen LogP contribution in [0.5, 0.6) is 0 Å². The van der Waals surface area contributed by atoms with E-state index in [1.54, 1.807) is 43.4 Å². The van der Waals surface area contributed by atoms with E-state index in [0.717, 1.165) is 5.56 Å². The predicted octanol–water partition coefficient (Wildman–Crippen LogP) is 5.31. The smallest absolute Gasteiger partial charge is 0.308 e. The summed E-state index contributed by atoms with van der Waals surface area (Å²) < 4.78 is 5.54. The molecule has 0 fully saturated rings. The maximum atomic E-state index is 13.1. The first-order valence-electron chi connectivity index (χ1n) is 10.1. The van der Waals surface area contributed by atoms with Crippen molar-refractivity contribution in [1.29, 1.82) is 0 Å². The number of benzodiazepines with no additional fused rings is 1. The molecule has 5 nitrogen and oxygen atoms in total. The van der Waals surface area contributed by atoms with E-state index in [4.69, 9.17) is 27.9 Å². The molecule has 0 N–H and O–H groups in total. The second-order valence-corrected chi connectivity index (χ2v) is 8.19. The van der Waals surface area contributed by atoms with Crippen LogP contribution in [0, 0.1) is 0 Å². The number of halogens is 2. The average Bonchev–Trinajstić information content (AvgIpc) is 2.89. The predicted molar refractivity (Wildman–Crippen MR) is 127 cm³/mol. The number of benzene rings is 3. The Labute approximate surface area is 196 Å². The van der Waals surface area contributed by atoms with Gasteiger partial charge in [0.1, 0.15) is 0 Å². The SMILES string of the molecule is CN1C(=O)C(OC(=O)CCc2ccccc2)N=C(c2ccccc2Cl)c2cc(Cl)ccc21. The third-order valence-corrected chi connectivity index (χ3v) is 5.76. The molecule has 162 valence electrons. The number of amides is 1. The lowest BCUT2D eigenvalue weighted by Crippen LogP contribution is -2.37. The van der Waals surface area contributed by atoms with Crippen LogP contribution in [0.25, 0.3) is 0 Å². The highest BCUT2D eigenvalue weighted by Gasteiger charge is 2.33. The van der Waals surface area contributed by atoms with Crippen LogP contribution in [0.15, 0.2) is 77.8 Å². The topological polar surface area (TPSA) is 59.0 Å². The number of rotatable bonds is 5. The van der Waals surface area contributed by atoms with Crippen LogP contribution in [0.1, 0.15) is 23.1 Å². The number of anilines is 1. The van der Waals surface area contributed by atoms with Crippen molar-refractivity contribution >= 4 is 46.5 Å². The average molecular weight is 467 g/mol. The summed E-state index contributed by atoms with van der Waals surface area (Å²) in [6.45, 7) is 0. The molecular formula is C25H20Cl2N2O3. The van der Waals surface area contributed by atoms with Gasteiger partial charge in [0.05, 0.1) is 11.4 Å². The summed E-state index contributed by atoms with van der Waals surface area (Å²) in [5, 5.41) is 0.950. The molecule has 0 radical (unpaired) electrons. The molecule has 4 rings (SSSR count). The van der Waals surface area contributed by atoms with Crippen molar-refractivity contribution < 1.29 is 14.3 Å². The van der Waals surface area contributed by atoms with Gasteiger partial charge in [-0.15, -0.1) is 0 Å². The quantitative estimate of drug-likeness (QED) is 0.478. The van der Waals surface area contributed by atoms with Gasteiger partial charge >= 0.3 is 5.97 Å². The van der Waals surface area contributed by atoms with Crippen LogP contribution in [0.4, 0.5) is 5.69 Å². The Bertz CT molecular complexity index is 1190. The molecule has 0 aromatic heterocycles. The van der Waals surface area contributed by atoms with E-state index in [1.165, 1.54) is 4.90 Å². The van der Waals surface area contributed by atoms with Crippen molar-refractivity contribution in [3.05, 3.63) is 99.5 Å². The van der Waals surface area contributed by atoms with Gasteiger partial charge in [-0.25, -0.2) is 4.99 Å². The molecule has 0 saturated heterocycles. The van der Waals surface area contributed by atoms with Crippen LogP contribution >= 0.6 is 23.2 Å². The summed E-state index contributed by atoms with van der Waals surface area (Å²) in [7, 11) is 1.62. The molecule has 0 bridgehead atoms. The van der Waals surface area contributed by atoms with E-state index in [0.29, 0.717) is 39.0 Å². The molecule has 1 heterocycles. The number of esters is 1. The zero-order valence-electron chi connectivity index (χ0n) is 17.3. The van der Waals surface area contributed by atoms with Gasteiger partial charge in [0.2, 0.25) is 0 Å². The van der Waals surface area contributed by atoms with E-state index >= 15 is 0 Å². The molecule has 1 aliphatic rings. The lowest BCUT2D eigenvalue weighted by Gasteiger charge is -2.20. The molecule has 0 spiro atoms. The first kappa shape index (κ1) is 22.1. The molecule has 3 aromatic carbocycles. The summed E-state index contributed by atoms with van der Waals surface area (Å²) in [4.78, 5) is 31.7. The standard InChI is InChI=1S/C25H20Cl2N2O3/c1-29-21-13-12-17(26)15-19(21)23(18-9-5-6-10-20(18)27)28-24(25(29)31)32-22(30)14-11-16-7-3-2-4-8-16/h2-10,12-13,15,24H,11,14H2,1H3. The molecular weight excluding hydrogens is 447 g/mol. The van der Waals surface area contributed by atoms with E-state index in [9.17, 15) is 9.59 Å². The lowest BCUT2D eigenvalue weighted by atomic mass is 10.0. The summed E-state index contributed by atoms with van der Waals surface area (Å²) in [6, 6.07) is 21.9. The highest BCUT2D eigenvalue weighted by atomic mass is 35.5. The Morgan fingerprint density at radius 1 is 1.00 bits per heavy atom. The number of fused-ring (bicyclic) bond motifs is 1. The number of nitrogens with zero attached hydrogens (tertiary/aromatic N) is 2. The lowest BCUT2D eigenvalue weighted by molar-refractivity contribution is -0.154. The zero-order valence-corrected chi connectivity index (χ0v) is 18.8. The fourth-order valence-corrected chi connectivity index (χ4v) is 3.93. The number of aliphatic imine (C=N–C) groups is 1. The van der Waals surface area contributed by atoms with E-state index in [-0.39, 0.29) is 6.42 Å². The van der Waals surface area contributed by atoms with Gasteiger partial charge in [0.15, 0.2) is 0 Å². The highest BCUT2D eigenvalue weighted by molar-refractivity contribution is 6.37.